The van der Waals surface area contributed by atoms with Gasteiger partial charge >= 0.3 is 0 Å². The topological polar surface area (TPSA) is 88.9 Å². The SMILES string of the molecule is N#Cc1c(N)sc2c1CCC(=N)C2CNC[C@@H]1CCCN1Cc1ccccc1. The van der Waals surface area contributed by atoms with Crippen LogP contribution in [0.15, 0.2) is 30.3 Å². The van der Waals surface area contributed by atoms with Crippen LogP contribution < -0.4 is 11.1 Å². The molecule has 1 fully saturated rings. The number of hydrogen-bond acceptors (Lipinski definition) is 6. The summed E-state index contributed by atoms with van der Waals surface area (Å²) in [6.07, 6.45) is 3.97. The quantitative estimate of drug-likeness (QED) is 0.701. The lowest BCUT2D eigenvalue weighted by Gasteiger charge is -2.27. The molecule has 2 aromatic rings. The van der Waals surface area contributed by atoms with Crippen LogP contribution in [0.25, 0.3) is 0 Å². The number of rotatable bonds is 6. The highest BCUT2D eigenvalue weighted by molar-refractivity contribution is 7.16. The fourth-order valence-electron chi connectivity index (χ4n) is 4.51. The van der Waals surface area contributed by atoms with E-state index in [9.17, 15) is 5.26 Å². The fraction of sp³-hybridized carbons (Fsp3) is 0.455. The smallest absolute Gasteiger partial charge is 0.104 e. The van der Waals surface area contributed by atoms with Crippen molar-refractivity contribution in [1.29, 1.82) is 10.7 Å². The van der Waals surface area contributed by atoms with E-state index in [1.165, 1.54) is 29.7 Å². The Bertz CT molecular complexity index is 882. The van der Waals surface area contributed by atoms with Gasteiger partial charge in [0, 0.05) is 42.2 Å². The van der Waals surface area contributed by atoms with E-state index in [0.29, 0.717) is 16.6 Å². The van der Waals surface area contributed by atoms with Gasteiger partial charge in [0.05, 0.1) is 5.56 Å². The Hall–Kier alpha value is -2.20. The van der Waals surface area contributed by atoms with E-state index in [2.05, 4.69) is 46.6 Å². The Kier molecular flexibility index (Phi) is 5.77. The Morgan fingerprint density at radius 3 is 2.86 bits per heavy atom. The summed E-state index contributed by atoms with van der Waals surface area (Å²) < 4.78 is 0. The molecular weight excluding hydrogens is 366 g/mol. The van der Waals surface area contributed by atoms with Crippen LogP contribution in [0, 0.1) is 16.7 Å². The summed E-state index contributed by atoms with van der Waals surface area (Å²) in [6.45, 7) is 3.85. The molecule has 28 heavy (non-hydrogen) atoms. The van der Waals surface area contributed by atoms with Crippen molar-refractivity contribution in [3.8, 4) is 6.07 Å². The van der Waals surface area contributed by atoms with Gasteiger partial charge in [-0.2, -0.15) is 5.26 Å². The lowest BCUT2D eigenvalue weighted by Crippen LogP contribution is -2.40. The predicted octanol–water partition coefficient (Wildman–Crippen LogP) is 3.51. The standard InChI is InChI=1S/C22H27N5S/c23-11-18-17-8-9-20(24)19(21(17)28-22(18)25)13-26-12-16-7-4-10-27(16)14-15-5-2-1-3-6-15/h1-3,5-6,16,19,24,26H,4,7-10,12-14,25H2/t16-,19?/m0/s1. The summed E-state index contributed by atoms with van der Waals surface area (Å²) in [4.78, 5) is 3.70. The minimum atomic E-state index is 0.0575. The van der Waals surface area contributed by atoms with E-state index in [1.807, 2.05) is 0 Å². The maximum atomic E-state index is 9.39. The number of hydrogen-bond donors (Lipinski definition) is 3. The van der Waals surface area contributed by atoms with E-state index in [1.54, 1.807) is 0 Å². The molecule has 146 valence electrons. The van der Waals surface area contributed by atoms with E-state index in [0.717, 1.165) is 55.2 Å². The molecule has 2 heterocycles. The number of nitrogens with one attached hydrogen (secondary N) is 2. The molecule has 0 spiro atoms. The van der Waals surface area contributed by atoms with Crippen LogP contribution in [0.2, 0.25) is 0 Å². The van der Waals surface area contributed by atoms with Crippen LogP contribution in [0.4, 0.5) is 5.00 Å². The van der Waals surface area contributed by atoms with E-state index >= 15 is 0 Å². The molecular formula is C22H27N5S. The first-order valence-electron chi connectivity index (χ1n) is 10.0. The van der Waals surface area contributed by atoms with Gasteiger partial charge in [0.15, 0.2) is 0 Å². The summed E-state index contributed by atoms with van der Waals surface area (Å²) in [6, 6.07) is 13.5. The van der Waals surface area contributed by atoms with Gasteiger partial charge in [-0.05, 0) is 43.4 Å². The second kappa shape index (κ2) is 8.44. The highest BCUT2D eigenvalue weighted by atomic mass is 32.1. The van der Waals surface area contributed by atoms with Crippen LogP contribution in [0.3, 0.4) is 0 Å². The van der Waals surface area contributed by atoms with Gasteiger partial charge in [-0.15, -0.1) is 11.3 Å². The molecule has 4 rings (SSSR count). The number of nitriles is 1. The molecule has 1 aliphatic carbocycles. The first-order chi connectivity index (χ1) is 13.7. The minimum absolute atomic E-state index is 0.0575. The van der Waals surface area contributed by atoms with Crippen molar-refractivity contribution in [1.82, 2.24) is 10.2 Å². The summed E-state index contributed by atoms with van der Waals surface area (Å²) in [5.74, 6) is 0.0575. The normalized spacial score (nSPS) is 22.2. The summed E-state index contributed by atoms with van der Waals surface area (Å²) >= 11 is 1.50. The highest BCUT2D eigenvalue weighted by Gasteiger charge is 2.31. The third-order valence-corrected chi connectivity index (χ3v) is 7.19. The number of anilines is 1. The summed E-state index contributed by atoms with van der Waals surface area (Å²) in [5.41, 5.74) is 9.91. The third kappa shape index (κ3) is 3.83. The molecule has 0 saturated carbocycles. The van der Waals surface area contributed by atoms with Crippen LogP contribution in [0.5, 0.6) is 0 Å². The molecule has 1 aromatic carbocycles. The molecule has 0 bridgehead atoms. The molecule has 1 aliphatic heterocycles. The third-order valence-electron chi connectivity index (χ3n) is 6.01. The molecule has 2 atom stereocenters. The Morgan fingerprint density at radius 2 is 2.07 bits per heavy atom. The summed E-state index contributed by atoms with van der Waals surface area (Å²) in [7, 11) is 0. The molecule has 5 nitrogen and oxygen atoms in total. The molecule has 2 aliphatic rings. The largest absolute Gasteiger partial charge is 0.389 e. The van der Waals surface area contributed by atoms with Gasteiger partial charge < -0.3 is 16.5 Å². The Labute approximate surface area is 170 Å². The van der Waals surface area contributed by atoms with Crippen LogP contribution in [0.1, 0.15) is 46.7 Å². The maximum Gasteiger partial charge on any atom is 0.104 e. The molecule has 6 heteroatoms. The molecule has 0 amide bonds. The zero-order valence-electron chi connectivity index (χ0n) is 16.1. The molecule has 1 unspecified atom stereocenters. The van der Waals surface area contributed by atoms with Crippen molar-refractivity contribution in [2.24, 2.45) is 0 Å². The van der Waals surface area contributed by atoms with Gasteiger partial charge in [-0.25, -0.2) is 0 Å². The van der Waals surface area contributed by atoms with Crippen molar-refractivity contribution in [3.05, 3.63) is 51.9 Å². The number of fused-ring (bicyclic) bond motifs is 1. The lowest BCUT2D eigenvalue weighted by atomic mass is 9.85. The Morgan fingerprint density at radius 1 is 1.25 bits per heavy atom. The van der Waals surface area contributed by atoms with Gasteiger partial charge in [0.25, 0.3) is 0 Å². The molecule has 1 aromatic heterocycles. The van der Waals surface area contributed by atoms with Crippen LogP contribution in [-0.4, -0.2) is 36.3 Å². The number of benzene rings is 1. The molecule has 1 saturated heterocycles. The number of likely N-dealkylation sites (tertiary alicyclic amines) is 1. The van der Waals surface area contributed by atoms with Crippen molar-refractivity contribution in [2.45, 2.75) is 44.2 Å². The maximum absolute atomic E-state index is 9.39. The number of nitrogens with zero attached hydrogens (tertiary/aromatic N) is 2. The van der Waals surface area contributed by atoms with Crippen LogP contribution in [-0.2, 0) is 13.0 Å². The van der Waals surface area contributed by atoms with Gasteiger partial charge in [-0.3, -0.25) is 4.90 Å². The van der Waals surface area contributed by atoms with E-state index in [-0.39, 0.29) is 5.92 Å². The first-order valence-corrected chi connectivity index (χ1v) is 10.9. The van der Waals surface area contributed by atoms with Crippen molar-refractivity contribution < 1.29 is 0 Å². The van der Waals surface area contributed by atoms with Crippen molar-refractivity contribution >= 4 is 22.0 Å². The monoisotopic (exact) mass is 393 g/mol. The molecule has 0 radical (unpaired) electrons. The van der Waals surface area contributed by atoms with Gasteiger partial charge in [0.2, 0.25) is 0 Å². The highest BCUT2D eigenvalue weighted by Crippen LogP contribution is 2.40. The van der Waals surface area contributed by atoms with Crippen LogP contribution >= 0.6 is 11.3 Å². The minimum Gasteiger partial charge on any atom is -0.389 e. The van der Waals surface area contributed by atoms with Crippen molar-refractivity contribution in [2.75, 3.05) is 25.4 Å². The van der Waals surface area contributed by atoms with E-state index in [4.69, 9.17) is 11.1 Å². The number of thiophene rings is 1. The van der Waals surface area contributed by atoms with Gasteiger partial charge in [-0.1, -0.05) is 30.3 Å². The second-order valence-corrected chi connectivity index (χ2v) is 8.87. The molecule has 4 N–H and O–H groups in total. The summed E-state index contributed by atoms with van der Waals surface area (Å²) in [5, 5.41) is 22.0. The predicted molar refractivity (Wildman–Crippen MR) is 115 cm³/mol. The number of nitrogens with two attached hydrogens (primary N) is 1. The average Bonchev–Trinajstić information content (AvgIpc) is 3.27. The van der Waals surface area contributed by atoms with Crippen molar-refractivity contribution in [3.63, 3.8) is 0 Å². The first kappa shape index (κ1) is 19.1. The Balaban J connectivity index is 1.37. The van der Waals surface area contributed by atoms with Gasteiger partial charge in [0.1, 0.15) is 11.1 Å². The average molecular weight is 394 g/mol. The zero-order chi connectivity index (χ0) is 19.5. The lowest BCUT2D eigenvalue weighted by molar-refractivity contribution is 0.239. The fourth-order valence-corrected chi connectivity index (χ4v) is 5.71. The zero-order valence-corrected chi connectivity index (χ0v) is 16.9. The second-order valence-electron chi connectivity index (χ2n) is 7.78. The van der Waals surface area contributed by atoms with E-state index < -0.39 is 0 Å². The number of nitrogen functional groups attached to an aromatic ring is 1.